The zero-order valence-electron chi connectivity index (χ0n) is 12.5. The molecule has 0 radical (unpaired) electrons. The van der Waals surface area contributed by atoms with Gasteiger partial charge in [0.2, 0.25) is 0 Å². The highest BCUT2D eigenvalue weighted by Gasteiger charge is 2.37. The predicted molar refractivity (Wildman–Crippen MR) is 82.7 cm³/mol. The molecule has 1 aromatic carbocycles. The van der Waals surface area contributed by atoms with E-state index < -0.39 is 23.5 Å². The van der Waals surface area contributed by atoms with Gasteiger partial charge in [0.1, 0.15) is 0 Å². The standard InChI is InChI=1S/C15H16F6N2S/c16-14(17,18)9-6-10(15(19,20)21)8-12(7-9)23-13(24)22-11-4-2-1-3-5-11/h6-8,11H,1-5H2,(H2,22,23,24). The lowest BCUT2D eigenvalue weighted by Crippen LogP contribution is -2.38. The van der Waals surface area contributed by atoms with Crippen LogP contribution in [0.4, 0.5) is 32.0 Å². The number of rotatable bonds is 2. The van der Waals surface area contributed by atoms with E-state index in [1.54, 1.807) is 0 Å². The molecule has 1 aliphatic carbocycles. The molecule has 0 bridgehead atoms. The molecule has 9 heteroatoms. The van der Waals surface area contributed by atoms with Crippen LogP contribution >= 0.6 is 12.2 Å². The number of thiocarbonyl (C=S) groups is 1. The maximum Gasteiger partial charge on any atom is 0.416 e. The third-order valence-corrected chi connectivity index (χ3v) is 4.01. The second-order valence-electron chi connectivity index (χ2n) is 5.73. The first-order valence-electron chi connectivity index (χ1n) is 7.43. The fourth-order valence-electron chi connectivity index (χ4n) is 2.63. The quantitative estimate of drug-likeness (QED) is 0.543. The first kappa shape index (κ1) is 18.8. The second-order valence-corrected chi connectivity index (χ2v) is 6.14. The number of alkyl halides is 6. The number of nitrogens with one attached hydrogen (secondary N) is 2. The van der Waals surface area contributed by atoms with Gasteiger partial charge in [-0.25, -0.2) is 0 Å². The van der Waals surface area contributed by atoms with E-state index in [2.05, 4.69) is 10.6 Å². The fraction of sp³-hybridized carbons (Fsp3) is 0.533. The molecule has 2 N–H and O–H groups in total. The van der Waals surface area contributed by atoms with Crippen molar-refractivity contribution in [2.24, 2.45) is 0 Å². The summed E-state index contributed by atoms with van der Waals surface area (Å²) in [6, 6.07) is 1.41. The fourth-order valence-corrected chi connectivity index (χ4v) is 2.91. The third-order valence-electron chi connectivity index (χ3n) is 3.79. The van der Waals surface area contributed by atoms with Crippen LogP contribution in [0.25, 0.3) is 0 Å². The molecule has 1 saturated carbocycles. The highest BCUT2D eigenvalue weighted by Crippen LogP contribution is 2.37. The van der Waals surface area contributed by atoms with E-state index in [4.69, 9.17) is 12.2 Å². The van der Waals surface area contributed by atoms with Crippen molar-refractivity contribution in [3.05, 3.63) is 29.3 Å². The largest absolute Gasteiger partial charge is 0.416 e. The first-order chi connectivity index (χ1) is 11.1. The summed E-state index contributed by atoms with van der Waals surface area (Å²) in [4.78, 5) is 0. The Hall–Kier alpha value is -1.51. The molecule has 1 aliphatic rings. The molecule has 0 atom stereocenters. The zero-order valence-corrected chi connectivity index (χ0v) is 13.3. The molecule has 24 heavy (non-hydrogen) atoms. The van der Waals surface area contributed by atoms with Crippen molar-refractivity contribution in [3.63, 3.8) is 0 Å². The van der Waals surface area contributed by atoms with Crippen LogP contribution in [0.3, 0.4) is 0 Å². The van der Waals surface area contributed by atoms with Gasteiger partial charge in [-0.15, -0.1) is 0 Å². The average Bonchev–Trinajstić information content (AvgIpc) is 2.46. The number of hydrogen-bond acceptors (Lipinski definition) is 1. The molecule has 0 aromatic heterocycles. The van der Waals surface area contributed by atoms with E-state index in [0.29, 0.717) is 12.1 Å². The lowest BCUT2D eigenvalue weighted by Gasteiger charge is -2.24. The Morgan fingerprint density at radius 1 is 0.875 bits per heavy atom. The minimum absolute atomic E-state index is 0.0225. The van der Waals surface area contributed by atoms with E-state index in [1.165, 1.54) is 0 Å². The Morgan fingerprint density at radius 3 is 1.83 bits per heavy atom. The smallest absolute Gasteiger partial charge is 0.360 e. The van der Waals surface area contributed by atoms with Crippen molar-refractivity contribution in [2.75, 3.05) is 5.32 Å². The van der Waals surface area contributed by atoms with Crippen molar-refractivity contribution in [1.29, 1.82) is 0 Å². The van der Waals surface area contributed by atoms with Gasteiger partial charge >= 0.3 is 12.4 Å². The molecular formula is C15H16F6N2S. The van der Waals surface area contributed by atoms with Crippen LogP contribution in [0.1, 0.15) is 43.2 Å². The van der Waals surface area contributed by atoms with Crippen LogP contribution in [-0.2, 0) is 12.4 Å². The number of hydrogen-bond donors (Lipinski definition) is 2. The maximum atomic E-state index is 12.8. The van der Waals surface area contributed by atoms with Crippen molar-refractivity contribution in [2.45, 2.75) is 50.5 Å². The lowest BCUT2D eigenvalue weighted by molar-refractivity contribution is -0.143. The molecular weight excluding hydrogens is 354 g/mol. The lowest BCUT2D eigenvalue weighted by atomic mass is 9.96. The van der Waals surface area contributed by atoms with Gasteiger partial charge in [0.15, 0.2) is 5.11 Å². The van der Waals surface area contributed by atoms with Gasteiger partial charge in [0.05, 0.1) is 11.1 Å². The summed E-state index contributed by atoms with van der Waals surface area (Å²) < 4.78 is 76.8. The Morgan fingerprint density at radius 2 is 1.38 bits per heavy atom. The van der Waals surface area contributed by atoms with E-state index >= 15 is 0 Å². The van der Waals surface area contributed by atoms with Crippen LogP contribution in [0.15, 0.2) is 18.2 Å². The van der Waals surface area contributed by atoms with Gasteiger partial charge in [-0.05, 0) is 43.3 Å². The molecule has 2 rings (SSSR count). The van der Waals surface area contributed by atoms with Crippen LogP contribution in [0.5, 0.6) is 0 Å². The van der Waals surface area contributed by atoms with Crippen LogP contribution in [0.2, 0.25) is 0 Å². The van der Waals surface area contributed by atoms with Crippen LogP contribution in [0, 0.1) is 0 Å². The minimum Gasteiger partial charge on any atom is -0.360 e. The minimum atomic E-state index is -4.88. The van der Waals surface area contributed by atoms with Crippen molar-refractivity contribution in [1.82, 2.24) is 5.32 Å². The van der Waals surface area contributed by atoms with Gasteiger partial charge in [-0.2, -0.15) is 26.3 Å². The molecule has 2 nitrogen and oxygen atoms in total. The molecule has 0 saturated heterocycles. The zero-order chi connectivity index (χ0) is 18.0. The molecule has 0 aliphatic heterocycles. The number of halogens is 6. The van der Waals surface area contributed by atoms with E-state index in [9.17, 15) is 26.3 Å². The predicted octanol–water partition coefficient (Wildman–Crippen LogP) is 5.34. The van der Waals surface area contributed by atoms with E-state index in [-0.39, 0.29) is 22.9 Å². The Kier molecular flexibility index (Phi) is 5.62. The van der Waals surface area contributed by atoms with Crippen molar-refractivity contribution >= 4 is 23.0 Å². The number of benzene rings is 1. The first-order valence-corrected chi connectivity index (χ1v) is 7.83. The van der Waals surface area contributed by atoms with Gasteiger partial charge < -0.3 is 10.6 Å². The van der Waals surface area contributed by atoms with Crippen molar-refractivity contribution in [3.8, 4) is 0 Å². The highest BCUT2D eigenvalue weighted by atomic mass is 32.1. The van der Waals surface area contributed by atoms with Gasteiger partial charge in [-0.3, -0.25) is 0 Å². The SMILES string of the molecule is FC(F)(F)c1cc(NC(=S)NC2CCCCC2)cc(C(F)(F)F)c1. The molecule has 0 unspecified atom stereocenters. The molecule has 0 amide bonds. The molecule has 0 heterocycles. The summed E-state index contributed by atoms with van der Waals surface area (Å²) >= 11 is 5.01. The molecule has 1 fully saturated rings. The maximum absolute atomic E-state index is 12.8. The Balaban J connectivity index is 2.17. The van der Waals surface area contributed by atoms with E-state index in [1.807, 2.05) is 0 Å². The summed E-state index contributed by atoms with van der Waals surface area (Å²) in [6.45, 7) is 0. The van der Waals surface area contributed by atoms with Gasteiger partial charge in [0, 0.05) is 11.7 Å². The normalized spacial score (nSPS) is 16.8. The summed E-state index contributed by atoms with van der Waals surface area (Å²) in [7, 11) is 0. The van der Waals surface area contributed by atoms with Crippen LogP contribution < -0.4 is 10.6 Å². The molecule has 134 valence electrons. The van der Waals surface area contributed by atoms with Crippen LogP contribution in [-0.4, -0.2) is 11.2 Å². The van der Waals surface area contributed by atoms with E-state index in [0.717, 1.165) is 32.1 Å². The summed E-state index contributed by atoms with van der Waals surface area (Å²) in [5, 5.41) is 5.40. The van der Waals surface area contributed by atoms with Gasteiger partial charge in [0.25, 0.3) is 0 Å². The third kappa shape index (κ3) is 5.25. The Bertz CT molecular complexity index is 558. The molecule has 1 aromatic rings. The van der Waals surface area contributed by atoms with Crippen molar-refractivity contribution < 1.29 is 26.3 Å². The second kappa shape index (κ2) is 7.16. The average molecular weight is 370 g/mol. The molecule has 0 spiro atoms. The topological polar surface area (TPSA) is 24.1 Å². The summed E-state index contributed by atoms with van der Waals surface area (Å²) in [6.07, 6.45) is -4.87. The summed E-state index contributed by atoms with van der Waals surface area (Å²) in [5.74, 6) is 0. The highest BCUT2D eigenvalue weighted by molar-refractivity contribution is 7.80. The number of anilines is 1. The summed E-state index contributed by atoms with van der Waals surface area (Å²) in [5.41, 5.74) is -3.09. The monoisotopic (exact) mass is 370 g/mol. The van der Waals surface area contributed by atoms with Gasteiger partial charge in [-0.1, -0.05) is 19.3 Å². The Labute approximate surface area is 140 Å².